The van der Waals surface area contributed by atoms with Crippen molar-refractivity contribution in [2.45, 2.75) is 37.8 Å². The van der Waals surface area contributed by atoms with Crippen LogP contribution in [0.3, 0.4) is 0 Å². The molecule has 0 saturated carbocycles. The average molecular weight is 269 g/mol. The lowest BCUT2D eigenvalue weighted by Crippen LogP contribution is -2.32. The molecular weight excluding hydrogens is 252 g/mol. The number of hydrazine groups is 1. The van der Waals surface area contributed by atoms with Crippen LogP contribution in [0.5, 0.6) is 0 Å². The molecule has 0 aromatic heterocycles. The van der Waals surface area contributed by atoms with Crippen molar-refractivity contribution in [2.75, 3.05) is 0 Å². The summed E-state index contributed by atoms with van der Waals surface area (Å²) in [5.74, 6) is -0.493. The topological polar surface area (TPSA) is 61.4 Å². The Morgan fingerprint density at radius 3 is 2.61 bits per heavy atom. The molecule has 98 valence electrons. The first kappa shape index (κ1) is 13.3. The van der Waals surface area contributed by atoms with Crippen LogP contribution >= 0.6 is 11.6 Å². The van der Waals surface area contributed by atoms with E-state index in [-0.39, 0.29) is 24.4 Å². The fraction of sp³-hybridized carbons (Fsp3) is 0.462. The number of hydrogen-bond acceptors (Lipinski definition) is 3. The largest absolute Gasteiger partial charge is 0.481 e. The second kappa shape index (κ2) is 5.69. The van der Waals surface area contributed by atoms with Crippen LogP contribution < -0.4 is 10.9 Å². The third kappa shape index (κ3) is 3.02. The van der Waals surface area contributed by atoms with Crippen molar-refractivity contribution in [2.24, 2.45) is 0 Å². The molecule has 0 amide bonds. The summed E-state index contributed by atoms with van der Waals surface area (Å²) in [4.78, 5) is 10.7. The summed E-state index contributed by atoms with van der Waals surface area (Å²) in [7, 11) is 0. The van der Waals surface area contributed by atoms with Crippen LogP contribution in [0.2, 0.25) is 5.02 Å². The Balaban J connectivity index is 2.11. The molecule has 1 aromatic carbocycles. The van der Waals surface area contributed by atoms with Gasteiger partial charge in [0.2, 0.25) is 0 Å². The molecule has 18 heavy (non-hydrogen) atoms. The van der Waals surface area contributed by atoms with Crippen molar-refractivity contribution < 1.29 is 9.90 Å². The van der Waals surface area contributed by atoms with Crippen molar-refractivity contribution in [1.82, 2.24) is 10.9 Å². The van der Waals surface area contributed by atoms with E-state index in [0.29, 0.717) is 11.4 Å². The highest BCUT2D eigenvalue weighted by Crippen LogP contribution is 2.30. The maximum absolute atomic E-state index is 10.7. The van der Waals surface area contributed by atoms with E-state index in [9.17, 15) is 4.79 Å². The fourth-order valence-corrected chi connectivity index (χ4v) is 2.63. The van der Waals surface area contributed by atoms with Crippen molar-refractivity contribution in [3.05, 3.63) is 34.9 Å². The highest BCUT2D eigenvalue weighted by molar-refractivity contribution is 6.30. The van der Waals surface area contributed by atoms with Gasteiger partial charge in [0, 0.05) is 29.4 Å². The molecule has 3 atom stereocenters. The Kier molecular flexibility index (Phi) is 4.22. The summed E-state index contributed by atoms with van der Waals surface area (Å²) in [5, 5.41) is 9.48. The highest BCUT2D eigenvalue weighted by atomic mass is 35.5. The molecule has 1 saturated heterocycles. The van der Waals surface area contributed by atoms with Gasteiger partial charge in [0.15, 0.2) is 0 Å². The zero-order chi connectivity index (χ0) is 13.1. The molecule has 0 spiro atoms. The van der Waals surface area contributed by atoms with E-state index < -0.39 is 5.97 Å². The number of carboxylic acid groups (broad SMARTS) is 1. The van der Waals surface area contributed by atoms with Gasteiger partial charge in [0.05, 0.1) is 0 Å². The Hall–Kier alpha value is -1.10. The van der Waals surface area contributed by atoms with Gasteiger partial charge in [-0.15, -0.1) is 0 Å². The van der Waals surface area contributed by atoms with E-state index in [1.165, 1.54) is 5.56 Å². The minimum Gasteiger partial charge on any atom is -0.481 e. The summed E-state index contributed by atoms with van der Waals surface area (Å²) in [6.45, 7) is 2.09. The highest BCUT2D eigenvalue weighted by Gasteiger charge is 2.34. The molecule has 2 rings (SSSR count). The lowest BCUT2D eigenvalue weighted by molar-refractivity contribution is -0.137. The van der Waals surface area contributed by atoms with Gasteiger partial charge < -0.3 is 5.11 Å². The van der Waals surface area contributed by atoms with Crippen LogP contribution in [0.1, 0.15) is 31.2 Å². The summed E-state index contributed by atoms with van der Waals surface area (Å²) in [6.07, 6.45) is 0.788. The normalized spacial score (nSPS) is 27.3. The average Bonchev–Trinajstić information content (AvgIpc) is 2.69. The van der Waals surface area contributed by atoms with Gasteiger partial charge in [0.1, 0.15) is 0 Å². The maximum atomic E-state index is 10.7. The van der Waals surface area contributed by atoms with Gasteiger partial charge in [-0.25, -0.2) is 0 Å². The second-order valence-corrected chi connectivity index (χ2v) is 5.13. The Morgan fingerprint density at radius 2 is 2.00 bits per heavy atom. The Morgan fingerprint density at radius 1 is 1.33 bits per heavy atom. The van der Waals surface area contributed by atoms with Gasteiger partial charge in [0.25, 0.3) is 0 Å². The van der Waals surface area contributed by atoms with E-state index in [0.717, 1.165) is 0 Å². The lowest BCUT2D eigenvalue weighted by Gasteiger charge is -2.21. The molecule has 0 radical (unpaired) electrons. The molecule has 3 N–H and O–H groups in total. The van der Waals surface area contributed by atoms with Gasteiger partial charge in [-0.1, -0.05) is 23.7 Å². The number of aliphatic carboxylic acids is 1. The first-order valence-electron chi connectivity index (χ1n) is 6.06. The molecule has 1 aromatic rings. The molecular formula is C13H17ClN2O2. The number of rotatable bonds is 4. The van der Waals surface area contributed by atoms with E-state index in [1.54, 1.807) is 0 Å². The predicted octanol–water partition coefficient (Wildman–Crippen LogP) is 2.15. The first-order chi connectivity index (χ1) is 8.58. The number of carboxylic acids is 1. The van der Waals surface area contributed by atoms with E-state index in [4.69, 9.17) is 16.7 Å². The standard InChI is InChI=1S/C13H17ClN2O2/c1-8-13(9-2-4-10(14)5-3-9)11(16-15-8)6-7-12(17)18/h2-5,8,11,13,15-16H,6-7H2,1H3,(H,17,18). The van der Waals surface area contributed by atoms with Crippen molar-refractivity contribution in [1.29, 1.82) is 0 Å². The number of halogens is 1. The number of hydrogen-bond donors (Lipinski definition) is 3. The Labute approximate surface area is 111 Å². The van der Waals surface area contributed by atoms with Crippen molar-refractivity contribution >= 4 is 17.6 Å². The van der Waals surface area contributed by atoms with E-state index in [1.807, 2.05) is 24.3 Å². The van der Waals surface area contributed by atoms with Crippen molar-refractivity contribution in [3.8, 4) is 0 Å². The number of nitrogens with one attached hydrogen (secondary N) is 2. The van der Waals surface area contributed by atoms with E-state index >= 15 is 0 Å². The van der Waals surface area contributed by atoms with Crippen LogP contribution in [-0.2, 0) is 4.79 Å². The lowest BCUT2D eigenvalue weighted by atomic mass is 9.86. The molecule has 1 aliphatic rings. The first-order valence-corrected chi connectivity index (χ1v) is 6.44. The van der Waals surface area contributed by atoms with Gasteiger partial charge in [-0.2, -0.15) is 0 Å². The summed E-state index contributed by atoms with van der Waals surface area (Å²) in [5.41, 5.74) is 7.54. The molecule has 5 heteroatoms. The molecule has 0 aliphatic carbocycles. The third-order valence-electron chi connectivity index (χ3n) is 3.39. The molecule has 0 bridgehead atoms. The molecule has 3 unspecified atom stereocenters. The molecule has 1 heterocycles. The molecule has 4 nitrogen and oxygen atoms in total. The zero-order valence-electron chi connectivity index (χ0n) is 10.2. The quantitative estimate of drug-likeness (QED) is 0.783. The summed E-state index contributed by atoms with van der Waals surface area (Å²) >= 11 is 5.88. The fourth-order valence-electron chi connectivity index (χ4n) is 2.50. The smallest absolute Gasteiger partial charge is 0.303 e. The Bertz CT molecular complexity index is 422. The SMILES string of the molecule is CC1NNC(CCC(=O)O)C1c1ccc(Cl)cc1. The minimum absolute atomic E-state index is 0.136. The van der Waals surface area contributed by atoms with E-state index in [2.05, 4.69) is 17.8 Å². The summed E-state index contributed by atoms with van der Waals surface area (Å²) < 4.78 is 0. The van der Waals surface area contributed by atoms with Gasteiger partial charge in [-0.3, -0.25) is 15.6 Å². The number of benzene rings is 1. The van der Waals surface area contributed by atoms with Crippen LogP contribution in [0.15, 0.2) is 24.3 Å². The maximum Gasteiger partial charge on any atom is 0.303 e. The molecule has 1 aliphatic heterocycles. The third-order valence-corrected chi connectivity index (χ3v) is 3.64. The monoisotopic (exact) mass is 268 g/mol. The van der Waals surface area contributed by atoms with Gasteiger partial charge >= 0.3 is 5.97 Å². The second-order valence-electron chi connectivity index (χ2n) is 4.69. The van der Waals surface area contributed by atoms with Gasteiger partial charge in [-0.05, 0) is 31.0 Å². The molecule has 1 fully saturated rings. The minimum atomic E-state index is -0.758. The summed E-state index contributed by atoms with van der Waals surface area (Å²) in [6, 6.07) is 8.16. The van der Waals surface area contributed by atoms with Crippen LogP contribution in [0, 0.1) is 0 Å². The van der Waals surface area contributed by atoms with Crippen molar-refractivity contribution in [3.63, 3.8) is 0 Å². The predicted molar refractivity (Wildman–Crippen MR) is 70.6 cm³/mol. The van der Waals surface area contributed by atoms with Crippen LogP contribution in [0.4, 0.5) is 0 Å². The van der Waals surface area contributed by atoms with Crippen LogP contribution in [0.25, 0.3) is 0 Å². The number of carbonyl (C=O) groups is 1. The zero-order valence-corrected chi connectivity index (χ0v) is 10.9. The van der Waals surface area contributed by atoms with Crippen LogP contribution in [-0.4, -0.2) is 23.2 Å².